The van der Waals surface area contributed by atoms with Crippen molar-refractivity contribution in [3.8, 4) is 11.5 Å². The van der Waals surface area contributed by atoms with Gasteiger partial charge in [0.05, 0.1) is 5.56 Å². The summed E-state index contributed by atoms with van der Waals surface area (Å²) in [7, 11) is 0. The van der Waals surface area contributed by atoms with E-state index in [1.165, 1.54) is 30.3 Å². The number of carbonyl (C=O) groups excluding carboxylic acids is 7. The summed E-state index contributed by atoms with van der Waals surface area (Å²) in [5, 5.41) is 13.3. The summed E-state index contributed by atoms with van der Waals surface area (Å²) in [5.74, 6) is -7.22. The van der Waals surface area contributed by atoms with Crippen molar-refractivity contribution >= 4 is 69.4 Å². The standard InChI is InChI=1S/C59H57F6N7O9/c1-3-34-12-11-14-41(28-34)71(4-2)50(73)33-72-46-15-8-7-13-36(46)30-47(72)53(76)68-38-19-16-35(17-20-38)51(74)66-26-9-5-6-10-27-67-52(75)37-18-23-42-45(29-37)57(81-54(42)77)43-24-21-39(69-55(78)58(60,61)62)31-48(43)80-49-32-40(22-25-44(49)57)70-56(79)59(63,64)65/h7-8,11-15,18,21-25,28-32,35,38H,3-6,9-10,16-17,19-20,26-27,33H2,1-2H3,(H,66,74)(H,67,75)(H,68,76)(H,69,78)(H,70,79)/t35-,38-. The van der Waals surface area contributed by atoms with Gasteiger partial charge in [0.15, 0.2) is 5.60 Å². The number of anilines is 3. The maximum Gasteiger partial charge on any atom is 0.471 e. The number of aryl methyl sites for hydroxylation is 1. The van der Waals surface area contributed by atoms with Crippen molar-refractivity contribution in [2.24, 2.45) is 5.92 Å². The molecular formula is C59H57F6N7O9. The topological polar surface area (TPSA) is 206 Å². The normalized spacial score (nSPS) is 16.0. The van der Waals surface area contributed by atoms with Crippen molar-refractivity contribution < 1.29 is 69.4 Å². The van der Waals surface area contributed by atoms with E-state index in [4.69, 9.17) is 9.47 Å². The minimum atomic E-state index is -5.26. The lowest BCUT2D eigenvalue weighted by molar-refractivity contribution is -0.167. The van der Waals surface area contributed by atoms with Crippen LogP contribution >= 0.6 is 0 Å². The first-order valence-electron chi connectivity index (χ1n) is 26.6. The van der Waals surface area contributed by atoms with E-state index < -0.39 is 53.0 Å². The summed E-state index contributed by atoms with van der Waals surface area (Å²) in [6, 6.07) is 28.0. The Balaban J connectivity index is 0.754. The fraction of sp³-hybridized carbons (Fsp3) is 0.339. The number of likely N-dealkylation sites (N-methyl/N-ethyl adjacent to an activating group) is 1. The average Bonchev–Trinajstić information content (AvgIpc) is 2.77. The molecule has 0 unspecified atom stereocenters. The van der Waals surface area contributed by atoms with Crippen LogP contribution in [-0.4, -0.2) is 84.0 Å². The number of carbonyl (C=O) groups is 7. The Morgan fingerprint density at radius 3 is 1.91 bits per heavy atom. The summed E-state index contributed by atoms with van der Waals surface area (Å²) in [5.41, 5.74) is 0.605. The molecule has 6 aromatic rings. The molecule has 81 heavy (non-hydrogen) atoms. The molecule has 1 aromatic heterocycles. The second kappa shape index (κ2) is 23.6. The Morgan fingerprint density at radius 2 is 1.30 bits per heavy atom. The third kappa shape index (κ3) is 12.2. The molecule has 3 heterocycles. The van der Waals surface area contributed by atoms with Gasteiger partial charge in [-0.3, -0.25) is 28.8 Å². The molecule has 3 aliphatic rings. The fourth-order valence-electron chi connectivity index (χ4n) is 10.7. The largest absolute Gasteiger partial charge is 0.471 e. The van der Waals surface area contributed by atoms with Gasteiger partial charge < -0.3 is 45.5 Å². The molecular weight excluding hydrogens is 1060 g/mol. The van der Waals surface area contributed by atoms with E-state index in [9.17, 15) is 59.9 Å². The molecule has 1 aliphatic carbocycles. The van der Waals surface area contributed by atoms with Gasteiger partial charge in [-0.05, 0) is 124 Å². The fourth-order valence-corrected chi connectivity index (χ4v) is 10.7. The van der Waals surface area contributed by atoms with Gasteiger partial charge in [-0.2, -0.15) is 26.3 Å². The van der Waals surface area contributed by atoms with Crippen molar-refractivity contribution in [3.63, 3.8) is 0 Å². The highest BCUT2D eigenvalue weighted by molar-refractivity contribution is 6.03. The molecule has 2 aliphatic heterocycles. The predicted octanol–water partition coefficient (Wildman–Crippen LogP) is 10.2. The first-order valence-corrected chi connectivity index (χ1v) is 26.6. The predicted molar refractivity (Wildman–Crippen MR) is 287 cm³/mol. The highest BCUT2D eigenvalue weighted by atomic mass is 19.4. The molecule has 1 saturated carbocycles. The molecule has 5 aromatic carbocycles. The molecule has 22 heteroatoms. The van der Waals surface area contributed by atoms with Crippen LogP contribution in [0.5, 0.6) is 11.5 Å². The number of unbranched alkanes of at least 4 members (excludes halogenated alkanes) is 3. The molecule has 424 valence electrons. The van der Waals surface area contributed by atoms with Crippen LogP contribution in [0.4, 0.5) is 43.4 Å². The van der Waals surface area contributed by atoms with Crippen molar-refractivity contribution in [1.82, 2.24) is 20.5 Å². The van der Waals surface area contributed by atoms with Crippen LogP contribution in [0, 0.1) is 5.92 Å². The number of nitrogens with zero attached hydrogens (tertiary/aromatic N) is 2. The number of halogens is 6. The highest BCUT2D eigenvalue weighted by Crippen LogP contribution is 2.57. The number of hydrogen-bond acceptors (Lipinski definition) is 9. The van der Waals surface area contributed by atoms with Gasteiger partial charge >= 0.3 is 30.1 Å². The lowest BCUT2D eigenvalue weighted by Gasteiger charge is -2.37. The van der Waals surface area contributed by atoms with Crippen LogP contribution in [0.2, 0.25) is 0 Å². The summed E-state index contributed by atoms with van der Waals surface area (Å²) in [6.45, 7) is 5.14. The minimum absolute atomic E-state index is 0.00537. The van der Waals surface area contributed by atoms with Crippen LogP contribution in [0.15, 0.2) is 109 Å². The highest BCUT2D eigenvalue weighted by Gasteiger charge is 2.54. The number of alkyl halides is 6. The number of amides is 6. The van der Waals surface area contributed by atoms with Gasteiger partial charge in [0.2, 0.25) is 11.8 Å². The van der Waals surface area contributed by atoms with Gasteiger partial charge in [-0.15, -0.1) is 0 Å². The van der Waals surface area contributed by atoms with E-state index >= 15 is 0 Å². The zero-order valence-corrected chi connectivity index (χ0v) is 44.1. The Kier molecular flexibility index (Phi) is 16.6. The third-order valence-electron chi connectivity index (χ3n) is 14.8. The van der Waals surface area contributed by atoms with Crippen molar-refractivity contribution in [2.45, 2.75) is 102 Å². The van der Waals surface area contributed by atoms with Crippen LogP contribution in [0.1, 0.15) is 119 Å². The quantitative estimate of drug-likeness (QED) is 0.0315. The van der Waals surface area contributed by atoms with Gasteiger partial charge in [0.25, 0.3) is 11.8 Å². The monoisotopic (exact) mass is 1120 g/mol. The second-order valence-electron chi connectivity index (χ2n) is 20.1. The van der Waals surface area contributed by atoms with E-state index in [0.717, 1.165) is 59.3 Å². The molecule has 0 bridgehead atoms. The van der Waals surface area contributed by atoms with Crippen molar-refractivity contribution in [1.29, 1.82) is 0 Å². The van der Waals surface area contributed by atoms with E-state index in [-0.39, 0.29) is 82.1 Å². The third-order valence-corrected chi connectivity index (χ3v) is 14.8. The average molecular weight is 1120 g/mol. The zero-order chi connectivity index (χ0) is 57.8. The van der Waals surface area contributed by atoms with Gasteiger partial charge in [-0.1, -0.05) is 50.1 Å². The SMILES string of the molecule is CCc1cccc(N(CC)C(=O)Cn2c(C(=O)N[C@H]3CC[C@H](C(=O)NCCCCCCNC(=O)c4ccc5c(c4)C4(OC5=O)c5ccc(NC(=O)C(F)(F)F)cc5Oc5cc(NC(=O)C(F)(F)F)ccc54)CC3)cc3ccccc32)c1. The van der Waals surface area contributed by atoms with Crippen molar-refractivity contribution in [2.75, 3.05) is 35.2 Å². The summed E-state index contributed by atoms with van der Waals surface area (Å²) in [6.07, 6.45) is -4.58. The number of rotatable bonds is 18. The maximum atomic E-state index is 13.9. The van der Waals surface area contributed by atoms with Crippen LogP contribution in [-0.2, 0) is 42.5 Å². The number of benzene rings is 5. The summed E-state index contributed by atoms with van der Waals surface area (Å²) in [4.78, 5) is 93.4. The first-order chi connectivity index (χ1) is 38.7. The number of hydrogen-bond donors (Lipinski definition) is 5. The molecule has 1 fully saturated rings. The van der Waals surface area contributed by atoms with Gasteiger partial charge in [0.1, 0.15) is 23.7 Å². The maximum absolute atomic E-state index is 13.9. The number of nitrogens with one attached hydrogen (secondary N) is 5. The van der Waals surface area contributed by atoms with E-state index in [0.29, 0.717) is 63.7 Å². The van der Waals surface area contributed by atoms with Gasteiger partial charge in [0, 0.05) is 93.9 Å². The summed E-state index contributed by atoms with van der Waals surface area (Å²) < 4.78 is 92.8. The molecule has 0 saturated heterocycles. The van der Waals surface area contributed by atoms with Crippen molar-refractivity contribution in [3.05, 3.63) is 148 Å². The molecule has 16 nitrogen and oxygen atoms in total. The summed E-state index contributed by atoms with van der Waals surface area (Å²) >= 11 is 0. The first kappa shape index (κ1) is 57.0. The molecule has 0 radical (unpaired) electrons. The van der Waals surface area contributed by atoms with Crippen LogP contribution in [0.3, 0.4) is 0 Å². The molecule has 9 rings (SSSR count). The smallest absolute Gasteiger partial charge is 0.456 e. The second-order valence-corrected chi connectivity index (χ2v) is 20.1. The number of esters is 1. The Hall–Kier alpha value is -8.69. The lowest BCUT2D eigenvalue weighted by Crippen LogP contribution is -2.42. The van der Waals surface area contributed by atoms with Crippen LogP contribution in [0.25, 0.3) is 10.9 Å². The zero-order valence-electron chi connectivity index (χ0n) is 44.1. The van der Waals surface area contributed by atoms with Gasteiger partial charge in [-0.25, -0.2) is 4.79 Å². The van der Waals surface area contributed by atoms with E-state index in [2.05, 4.69) is 22.9 Å². The number of para-hydroxylation sites is 1. The number of ether oxygens (including phenoxy) is 2. The lowest BCUT2D eigenvalue weighted by atomic mass is 9.77. The van der Waals surface area contributed by atoms with E-state index in [1.54, 1.807) is 20.1 Å². The molecule has 1 spiro atoms. The Morgan fingerprint density at radius 1 is 0.667 bits per heavy atom. The molecule has 6 amide bonds. The molecule has 0 atom stereocenters. The number of fused-ring (bicyclic) bond motifs is 7. The Labute approximate surface area is 460 Å². The number of aromatic nitrogens is 1. The van der Waals surface area contributed by atoms with E-state index in [1.807, 2.05) is 61.5 Å². The van der Waals surface area contributed by atoms with Crippen LogP contribution < -0.4 is 36.2 Å². The molecule has 5 N–H and O–H groups in total. The Bertz CT molecular complexity index is 3360. The minimum Gasteiger partial charge on any atom is -0.456 e.